The first kappa shape index (κ1) is 22.1. The summed E-state index contributed by atoms with van der Waals surface area (Å²) in [4.78, 5) is 13.4. The third-order valence-electron chi connectivity index (χ3n) is 3.35. The summed E-state index contributed by atoms with van der Waals surface area (Å²) in [6.07, 6.45) is 1.50. The number of nitrogens with zero attached hydrogens (tertiary/aromatic N) is 1. The van der Waals surface area contributed by atoms with Crippen LogP contribution in [0.5, 0.6) is 0 Å². The van der Waals surface area contributed by atoms with Gasteiger partial charge < -0.3 is 9.29 Å². The third-order valence-corrected chi connectivity index (χ3v) is 6.56. The average Bonchev–Trinajstić information content (AvgIpc) is 2.61. The molecule has 0 aliphatic carbocycles. The predicted molar refractivity (Wildman–Crippen MR) is 114 cm³/mol. The highest BCUT2D eigenvalue weighted by Gasteiger charge is 2.26. The molecule has 0 bridgehead atoms. The van der Waals surface area contributed by atoms with E-state index in [-0.39, 0.29) is 0 Å². The summed E-state index contributed by atoms with van der Waals surface area (Å²) in [5.74, 6) is -0.438. The fourth-order valence-electron chi connectivity index (χ4n) is 1.99. The van der Waals surface area contributed by atoms with Crippen LogP contribution >= 0.6 is 35.0 Å². The van der Waals surface area contributed by atoms with Crippen LogP contribution in [0.1, 0.15) is 36.7 Å². The molecule has 8 heteroatoms. The lowest BCUT2D eigenvalue weighted by atomic mass is 10.2. The quantitative estimate of drug-likeness (QED) is 0.332. The van der Waals surface area contributed by atoms with Crippen LogP contribution in [0.4, 0.5) is 0 Å². The second-order valence-electron chi connectivity index (χ2n) is 6.49. The van der Waals surface area contributed by atoms with Crippen molar-refractivity contribution in [1.82, 2.24) is 0 Å². The van der Waals surface area contributed by atoms with Gasteiger partial charge in [0.15, 0.2) is 0 Å². The van der Waals surface area contributed by atoms with Crippen molar-refractivity contribution in [3.63, 3.8) is 0 Å². The molecule has 2 aromatic carbocycles. The SMILES string of the molecule is COC(=O)c1ccccc1Sc1c(Cl)cc(Cl)cc1/C=N/[S+]([O-])C(C)(C)C. The van der Waals surface area contributed by atoms with Crippen LogP contribution in [0.25, 0.3) is 0 Å². The number of methoxy groups -OCH3 is 1. The molecule has 0 N–H and O–H groups in total. The van der Waals surface area contributed by atoms with Gasteiger partial charge in [-0.25, -0.2) is 4.79 Å². The van der Waals surface area contributed by atoms with Crippen LogP contribution in [-0.4, -0.2) is 28.6 Å². The molecule has 0 amide bonds. The molecule has 0 aliphatic rings. The highest BCUT2D eigenvalue weighted by molar-refractivity contribution is 7.99. The molecule has 2 aromatic rings. The van der Waals surface area contributed by atoms with E-state index in [1.165, 1.54) is 25.1 Å². The Labute approximate surface area is 176 Å². The van der Waals surface area contributed by atoms with Crippen molar-refractivity contribution in [1.29, 1.82) is 0 Å². The van der Waals surface area contributed by atoms with Gasteiger partial charge in [-0.1, -0.05) is 51.5 Å². The van der Waals surface area contributed by atoms with Crippen molar-refractivity contribution < 1.29 is 14.1 Å². The third kappa shape index (κ3) is 5.90. The van der Waals surface area contributed by atoms with Gasteiger partial charge in [-0.3, -0.25) is 0 Å². The van der Waals surface area contributed by atoms with Crippen LogP contribution in [-0.2, 0) is 16.1 Å². The Morgan fingerprint density at radius 1 is 1.26 bits per heavy atom. The predicted octanol–water partition coefficient (Wildman–Crippen LogP) is 5.81. The maximum atomic E-state index is 12.2. The zero-order valence-corrected chi connectivity index (χ0v) is 18.4. The van der Waals surface area contributed by atoms with Crippen molar-refractivity contribution in [2.24, 2.45) is 4.40 Å². The number of esters is 1. The number of carbonyl (C=O) groups is 1. The lowest BCUT2D eigenvalue weighted by Crippen LogP contribution is -2.25. The smallest absolute Gasteiger partial charge is 0.339 e. The molecular formula is C19H19Cl2NO3S2. The van der Waals surface area contributed by atoms with Gasteiger partial charge in [-0.2, -0.15) is 0 Å². The van der Waals surface area contributed by atoms with Crippen LogP contribution in [0, 0.1) is 0 Å². The molecule has 1 unspecified atom stereocenters. The van der Waals surface area contributed by atoms with E-state index in [2.05, 4.69) is 4.40 Å². The molecule has 0 heterocycles. The summed E-state index contributed by atoms with van der Waals surface area (Å²) in [7, 11) is 1.33. The van der Waals surface area contributed by atoms with Crippen molar-refractivity contribution in [2.45, 2.75) is 35.3 Å². The van der Waals surface area contributed by atoms with Crippen LogP contribution < -0.4 is 0 Å². The summed E-state index contributed by atoms with van der Waals surface area (Å²) in [5, 5.41) is 0.851. The van der Waals surface area contributed by atoms with Crippen LogP contribution in [0.2, 0.25) is 10.0 Å². The van der Waals surface area contributed by atoms with Crippen molar-refractivity contribution >= 4 is 58.5 Å². The maximum Gasteiger partial charge on any atom is 0.339 e. The summed E-state index contributed by atoms with van der Waals surface area (Å²) in [5.41, 5.74) is 1.05. The fourth-order valence-corrected chi connectivity index (χ4v) is 4.15. The lowest BCUT2D eigenvalue weighted by Gasteiger charge is -2.18. The normalized spacial score (nSPS) is 13.0. The van der Waals surface area contributed by atoms with Gasteiger partial charge in [0.1, 0.15) is 16.1 Å². The second-order valence-corrected chi connectivity index (χ2v) is 10.3. The van der Waals surface area contributed by atoms with E-state index in [9.17, 15) is 9.35 Å². The lowest BCUT2D eigenvalue weighted by molar-refractivity contribution is 0.0597. The largest absolute Gasteiger partial charge is 0.591 e. The van der Waals surface area contributed by atoms with E-state index in [0.29, 0.717) is 31.0 Å². The standard InChI is InChI=1S/C19H19Cl2NO3S2/c1-19(2,3)27(24)22-11-12-9-13(20)10-15(21)17(12)26-16-8-6-5-7-14(16)18(23)25-4/h5-11H,1-4H3/b22-11+. The number of rotatable bonds is 5. The highest BCUT2D eigenvalue weighted by atomic mass is 35.5. The fraction of sp³-hybridized carbons (Fsp3) is 0.263. The molecule has 2 rings (SSSR count). The van der Waals surface area contributed by atoms with Crippen LogP contribution in [0.3, 0.4) is 0 Å². The molecular weight excluding hydrogens is 425 g/mol. The van der Waals surface area contributed by atoms with Crippen molar-refractivity contribution in [3.05, 3.63) is 57.6 Å². The molecule has 27 heavy (non-hydrogen) atoms. The zero-order valence-electron chi connectivity index (χ0n) is 15.3. The molecule has 1 atom stereocenters. The molecule has 0 saturated carbocycles. The Morgan fingerprint density at radius 3 is 2.56 bits per heavy atom. The molecule has 0 radical (unpaired) electrons. The van der Waals surface area contributed by atoms with E-state index >= 15 is 0 Å². The molecule has 0 fully saturated rings. The zero-order chi connectivity index (χ0) is 20.2. The first-order valence-electron chi connectivity index (χ1n) is 7.93. The van der Waals surface area contributed by atoms with Gasteiger partial charge in [0.05, 0.1) is 23.9 Å². The summed E-state index contributed by atoms with van der Waals surface area (Å²) in [6, 6.07) is 10.4. The van der Waals surface area contributed by atoms with Gasteiger partial charge in [-0.05, 0) is 45.0 Å². The average molecular weight is 444 g/mol. The van der Waals surface area contributed by atoms with E-state index in [4.69, 9.17) is 27.9 Å². The number of ether oxygens (including phenoxy) is 1. The number of carbonyl (C=O) groups excluding carboxylic acids is 1. The second kappa shape index (κ2) is 9.34. The van der Waals surface area contributed by atoms with Gasteiger partial charge in [0, 0.05) is 20.4 Å². The summed E-state index contributed by atoms with van der Waals surface area (Å²) < 4.78 is 20.7. The first-order chi connectivity index (χ1) is 12.6. The van der Waals surface area contributed by atoms with Gasteiger partial charge in [0.2, 0.25) is 0 Å². The van der Waals surface area contributed by atoms with E-state index in [1.54, 1.807) is 30.3 Å². The topological polar surface area (TPSA) is 61.7 Å². The Morgan fingerprint density at radius 2 is 1.93 bits per heavy atom. The molecule has 0 saturated heterocycles. The molecule has 0 aliphatic heterocycles. The van der Waals surface area contributed by atoms with Gasteiger partial charge >= 0.3 is 5.97 Å². The Balaban J connectivity index is 2.47. The van der Waals surface area contributed by atoms with E-state index in [0.717, 1.165) is 0 Å². The Bertz CT molecular complexity index is 867. The Kier molecular flexibility index (Phi) is 7.65. The summed E-state index contributed by atoms with van der Waals surface area (Å²) in [6.45, 7) is 5.52. The maximum absolute atomic E-state index is 12.2. The van der Waals surface area contributed by atoms with Gasteiger partial charge in [0.25, 0.3) is 0 Å². The minimum Gasteiger partial charge on any atom is -0.591 e. The molecule has 144 valence electrons. The Hall–Kier alpha value is -1.18. The van der Waals surface area contributed by atoms with Gasteiger partial charge in [-0.15, -0.1) is 0 Å². The number of hydrogen-bond acceptors (Lipinski definition) is 5. The van der Waals surface area contributed by atoms with Crippen molar-refractivity contribution in [2.75, 3.05) is 7.11 Å². The molecule has 0 aromatic heterocycles. The highest BCUT2D eigenvalue weighted by Crippen LogP contribution is 2.39. The van der Waals surface area contributed by atoms with E-state index < -0.39 is 22.1 Å². The number of halogens is 2. The monoisotopic (exact) mass is 443 g/mol. The minimum atomic E-state index is -1.42. The number of benzene rings is 2. The minimum absolute atomic E-state index is 0.412. The van der Waals surface area contributed by atoms with E-state index in [1.807, 2.05) is 26.8 Å². The van der Waals surface area contributed by atoms with Crippen molar-refractivity contribution in [3.8, 4) is 0 Å². The number of hydrogen-bond donors (Lipinski definition) is 0. The summed E-state index contributed by atoms with van der Waals surface area (Å²) >= 11 is 12.4. The first-order valence-corrected chi connectivity index (χ1v) is 10.6. The molecule has 4 nitrogen and oxygen atoms in total. The molecule has 0 spiro atoms. The van der Waals surface area contributed by atoms with Crippen LogP contribution in [0.15, 0.2) is 50.6 Å².